The zero-order valence-corrected chi connectivity index (χ0v) is 11.8. The van der Waals surface area contributed by atoms with Crippen LogP contribution in [0.25, 0.3) is 10.9 Å². The Morgan fingerprint density at radius 3 is 3.10 bits per heavy atom. The molecule has 0 spiro atoms. The molecule has 20 heavy (non-hydrogen) atoms. The quantitative estimate of drug-likeness (QED) is 0.802. The first-order valence-corrected chi connectivity index (χ1v) is 7.22. The van der Waals surface area contributed by atoms with E-state index in [-0.39, 0.29) is 11.3 Å². The lowest BCUT2D eigenvalue weighted by molar-refractivity contribution is 0.0925. The van der Waals surface area contributed by atoms with Gasteiger partial charge in [0.25, 0.3) is 5.91 Å². The van der Waals surface area contributed by atoms with Crippen molar-refractivity contribution in [2.45, 2.75) is 19.8 Å². The summed E-state index contributed by atoms with van der Waals surface area (Å²) in [6, 6.07) is 7.74. The summed E-state index contributed by atoms with van der Waals surface area (Å²) < 4.78 is 0. The Kier molecular flexibility index (Phi) is 3.49. The summed E-state index contributed by atoms with van der Waals surface area (Å²) in [6.07, 6.45) is 4.24. The van der Waals surface area contributed by atoms with Crippen molar-refractivity contribution in [3.8, 4) is 0 Å². The van der Waals surface area contributed by atoms with Gasteiger partial charge in [0.2, 0.25) is 0 Å². The Hall–Kier alpha value is -1.81. The third-order valence-electron chi connectivity index (χ3n) is 4.18. The molecule has 0 aliphatic carbocycles. The lowest BCUT2D eigenvalue weighted by Crippen LogP contribution is -2.45. The van der Waals surface area contributed by atoms with Crippen molar-refractivity contribution in [1.82, 2.24) is 15.6 Å². The molecule has 1 unspecified atom stereocenters. The van der Waals surface area contributed by atoms with Crippen LogP contribution >= 0.6 is 0 Å². The molecule has 1 atom stereocenters. The minimum absolute atomic E-state index is 0.0138. The van der Waals surface area contributed by atoms with E-state index in [9.17, 15) is 4.79 Å². The molecule has 4 nitrogen and oxygen atoms in total. The van der Waals surface area contributed by atoms with Crippen LogP contribution in [0.2, 0.25) is 0 Å². The monoisotopic (exact) mass is 271 g/mol. The highest BCUT2D eigenvalue weighted by molar-refractivity contribution is 5.98. The van der Waals surface area contributed by atoms with Crippen molar-refractivity contribution >= 4 is 16.8 Å². The standard InChI is InChI=1S/C16H21N3O/c1-16(6-2-7-17-10-16)11-19-15(20)13-3-4-14-12(9-13)5-8-18-14/h3-5,8-9,17-18H,2,6-7,10-11H2,1H3,(H,19,20). The van der Waals surface area contributed by atoms with Crippen LogP contribution in [0.5, 0.6) is 0 Å². The van der Waals surface area contributed by atoms with Gasteiger partial charge in [-0.3, -0.25) is 4.79 Å². The van der Waals surface area contributed by atoms with Gasteiger partial charge in [0.15, 0.2) is 0 Å². The Labute approximate surface area is 118 Å². The molecule has 0 bridgehead atoms. The van der Waals surface area contributed by atoms with Crippen LogP contribution in [0.1, 0.15) is 30.1 Å². The van der Waals surface area contributed by atoms with Gasteiger partial charge in [-0.15, -0.1) is 0 Å². The third-order valence-corrected chi connectivity index (χ3v) is 4.18. The number of carbonyl (C=O) groups is 1. The maximum atomic E-state index is 12.3. The summed E-state index contributed by atoms with van der Waals surface area (Å²) in [4.78, 5) is 15.4. The molecular formula is C16H21N3O. The van der Waals surface area contributed by atoms with Crippen molar-refractivity contribution in [2.75, 3.05) is 19.6 Å². The first kappa shape index (κ1) is 13.2. The molecule has 1 aromatic carbocycles. The molecule has 1 aliphatic heterocycles. The number of benzene rings is 1. The Morgan fingerprint density at radius 2 is 2.30 bits per heavy atom. The van der Waals surface area contributed by atoms with Gasteiger partial charge in [-0.1, -0.05) is 6.92 Å². The van der Waals surface area contributed by atoms with Crippen molar-refractivity contribution in [3.05, 3.63) is 36.0 Å². The number of aromatic amines is 1. The van der Waals surface area contributed by atoms with Crippen LogP contribution in [0.4, 0.5) is 0 Å². The minimum Gasteiger partial charge on any atom is -0.361 e. The van der Waals surface area contributed by atoms with Crippen molar-refractivity contribution in [1.29, 1.82) is 0 Å². The van der Waals surface area contributed by atoms with Gasteiger partial charge in [0.05, 0.1) is 0 Å². The van der Waals surface area contributed by atoms with E-state index in [0.29, 0.717) is 0 Å². The fourth-order valence-corrected chi connectivity index (χ4v) is 2.86. The topological polar surface area (TPSA) is 56.9 Å². The number of hydrogen-bond acceptors (Lipinski definition) is 2. The summed E-state index contributed by atoms with van der Waals surface area (Å²) in [6.45, 7) is 5.02. The number of rotatable bonds is 3. The van der Waals surface area contributed by atoms with Crippen molar-refractivity contribution in [3.63, 3.8) is 0 Å². The maximum absolute atomic E-state index is 12.3. The third kappa shape index (κ3) is 2.70. The van der Waals surface area contributed by atoms with Gasteiger partial charge in [0.1, 0.15) is 0 Å². The molecule has 0 radical (unpaired) electrons. The molecule has 106 valence electrons. The van der Waals surface area contributed by atoms with Gasteiger partial charge in [-0.2, -0.15) is 0 Å². The molecule has 2 aromatic rings. The van der Waals surface area contributed by atoms with Crippen LogP contribution < -0.4 is 10.6 Å². The van der Waals surface area contributed by atoms with Gasteiger partial charge < -0.3 is 15.6 Å². The van der Waals surface area contributed by atoms with E-state index >= 15 is 0 Å². The molecule has 4 heteroatoms. The lowest BCUT2D eigenvalue weighted by atomic mass is 9.83. The van der Waals surface area contributed by atoms with Gasteiger partial charge in [0, 0.05) is 35.8 Å². The normalized spacial score (nSPS) is 22.9. The number of hydrogen-bond donors (Lipinski definition) is 3. The first-order chi connectivity index (χ1) is 9.66. The predicted octanol–water partition coefficient (Wildman–Crippen LogP) is 2.29. The zero-order valence-electron chi connectivity index (χ0n) is 11.8. The molecule has 1 aliphatic rings. The Morgan fingerprint density at radius 1 is 1.40 bits per heavy atom. The molecule has 1 amide bonds. The second kappa shape index (κ2) is 5.29. The summed E-state index contributed by atoms with van der Waals surface area (Å²) in [7, 11) is 0. The van der Waals surface area contributed by atoms with Gasteiger partial charge in [-0.05, 0) is 49.1 Å². The lowest BCUT2D eigenvalue weighted by Gasteiger charge is -2.34. The second-order valence-corrected chi connectivity index (χ2v) is 6.05. The van der Waals surface area contributed by atoms with E-state index in [0.717, 1.165) is 42.5 Å². The summed E-state index contributed by atoms with van der Waals surface area (Å²) >= 11 is 0. The fraction of sp³-hybridized carbons (Fsp3) is 0.438. The smallest absolute Gasteiger partial charge is 0.251 e. The summed E-state index contributed by atoms with van der Waals surface area (Å²) in [5, 5.41) is 7.55. The second-order valence-electron chi connectivity index (χ2n) is 6.05. The number of nitrogens with one attached hydrogen (secondary N) is 3. The highest BCUT2D eigenvalue weighted by Gasteiger charge is 2.27. The van der Waals surface area contributed by atoms with Gasteiger partial charge >= 0.3 is 0 Å². The molecule has 1 aromatic heterocycles. The van der Waals surface area contributed by atoms with E-state index in [1.165, 1.54) is 6.42 Å². The van der Waals surface area contributed by atoms with Crippen LogP contribution in [-0.4, -0.2) is 30.5 Å². The number of fused-ring (bicyclic) bond motifs is 1. The van der Waals surface area contributed by atoms with Gasteiger partial charge in [-0.25, -0.2) is 0 Å². The first-order valence-electron chi connectivity index (χ1n) is 7.22. The largest absolute Gasteiger partial charge is 0.361 e. The average molecular weight is 271 g/mol. The van der Waals surface area contributed by atoms with Crippen LogP contribution in [0.15, 0.2) is 30.5 Å². The zero-order chi connectivity index (χ0) is 14.0. The summed E-state index contributed by atoms with van der Waals surface area (Å²) in [5.74, 6) is 0.0138. The minimum atomic E-state index is 0.0138. The molecule has 1 saturated heterocycles. The Balaban J connectivity index is 1.66. The molecule has 3 rings (SSSR count). The van der Waals surface area contributed by atoms with E-state index in [2.05, 4.69) is 22.5 Å². The fourth-order valence-electron chi connectivity index (χ4n) is 2.86. The van der Waals surface area contributed by atoms with E-state index in [1.807, 2.05) is 30.5 Å². The van der Waals surface area contributed by atoms with Crippen LogP contribution in [0, 0.1) is 5.41 Å². The molecular weight excluding hydrogens is 250 g/mol. The number of H-pyrrole nitrogens is 1. The number of amides is 1. The number of aromatic nitrogens is 1. The van der Waals surface area contributed by atoms with Crippen LogP contribution in [0.3, 0.4) is 0 Å². The average Bonchev–Trinajstić information content (AvgIpc) is 2.93. The van der Waals surface area contributed by atoms with Crippen molar-refractivity contribution in [2.24, 2.45) is 5.41 Å². The molecule has 3 N–H and O–H groups in total. The van der Waals surface area contributed by atoms with Crippen LogP contribution in [-0.2, 0) is 0 Å². The molecule has 1 fully saturated rings. The molecule has 0 saturated carbocycles. The predicted molar refractivity (Wildman–Crippen MR) is 80.8 cm³/mol. The molecule has 2 heterocycles. The van der Waals surface area contributed by atoms with E-state index in [4.69, 9.17) is 0 Å². The summed E-state index contributed by atoms with van der Waals surface area (Å²) in [5.41, 5.74) is 1.96. The number of piperidine rings is 1. The maximum Gasteiger partial charge on any atom is 0.251 e. The number of carbonyl (C=O) groups excluding carboxylic acids is 1. The highest BCUT2D eigenvalue weighted by Crippen LogP contribution is 2.24. The van der Waals surface area contributed by atoms with E-state index in [1.54, 1.807) is 0 Å². The highest BCUT2D eigenvalue weighted by atomic mass is 16.1. The van der Waals surface area contributed by atoms with E-state index < -0.39 is 0 Å². The Bertz CT molecular complexity index is 611. The SMILES string of the molecule is CC1(CNC(=O)c2ccc3[nH]ccc3c2)CCCNC1. The van der Waals surface area contributed by atoms with Crippen molar-refractivity contribution < 1.29 is 4.79 Å².